The van der Waals surface area contributed by atoms with Crippen LogP contribution in [0, 0.1) is 0 Å². The predicted octanol–water partition coefficient (Wildman–Crippen LogP) is -0.666. The Hall–Kier alpha value is -2.00. The van der Waals surface area contributed by atoms with Crippen LogP contribution in [0.3, 0.4) is 0 Å². The summed E-state index contributed by atoms with van der Waals surface area (Å²) in [6.07, 6.45) is 0. The minimum atomic E-state index is -1.19. The van der Waals surface area contributed by atoms with Crippen LogP contribution in [0.1, 0.15) is 20.3 Å². The number of aromatic carboxylic acids is 1. The first-order valence-corrected chi connectivity index (χ1v) is 6.15. The van der Waals surface area contributed by atoms with Gasteiger partial charge in [-0.05, 0) is 0 Å². The number of aromatic nitrogens is 1. The van der Waals surface area contributed by atoms with Gasteiger partial charge in [-0.3, -0.25) is 9.59 Å². The van der Waals surface area contributed by atoms with E-state index in [-0.39, 0.29) is 23.2 Å². The fourth-order valence-electron chi connectivity index (χ4n) is 1.08. The maximum absolute atomic E-state index is 11.6. The summed E-state index contributed by atoms with van der Waals surface area (Å²) < 4.78 is 4.75. The van der Waals surface area contributed by atoms with Crippen molar-refractivity contribution in [3.8, 4) is 0 Å². The minimum absolute atomic E-state index is 0.0212. The van der Waals surface area contributed by atoms with Gasteiger partial charge >= 0.3 is 5.97 Å². The fourth-order valence-corrected chi connectivity index (χ4v) is 1.72. The number of methoxy groups -OCH3 is 1. The van der Waals surface area contributed by atoms with Gasteiger partial charge in [0, 0.05) is 19.0 Å². The molecule has 104 valence electrons. The van der Waals surface area contributed by atoms with Crippen LogP contribution in [-0.2, 0) is 9.53 Å². The fraction of sp³-hybridized carbons (Fsp3) is 0.400. The first-order chi connectivity index (χ1) is 9.04. The summed E-state index contributed by atoms with van der Waals surface area (Å²) in [5.41, 5.74) is -0.0212. The molecule has 0 bridgehead atoms. The summed E-state index contributed by atoms with van der Waals surface area (Å²) in [5.74, 6) is -2.15. The number of carbonyl (C=O) groups is 3. The number of ether oxygens (including phenoxy) is 1. The molecule has 0 unspecified atom stereocenters. The van der Waals surface area contributed by atoms with Gasteiger partial charge in [-0.15, -0.1) is 11.3 Å². The van der Waals surface area contributed by atoms with E-state index in [1.54, 1.807) is 0 Å². The van der Waals surface area contributed by atoms with E-state index in [1.165, 1.54) is 12.5 Å². The van der Waals surface area contributed by atoms with Gasteiger partial charge in [-0.2, -0.15) is 0 Å². The van der Waals surface area contributed by atoms with Crippen molar-refractivity contribution in [2.24, 2.45) is 0 Å². The Balaban J connectivity index is 2.38. The van der Waals surface area contributed by atoms with E-state index < -0.39 is 11.9 Å². The zero-order valence-corrected chi connectivity index (χ0v) is 11.0. The standard InChI is InChI=1S/C10H13N3O5S/c1-18-3-2-11-7(14)4-12-8(15)6-5-19-9(13-6)10(16)17/h5H,2-4H2,1H3,(H,11,14)(H,12,15)(H,16,17). The van der Waals surface area contributed by atoms with Crippen LogP contribution in [0.15, 0.2) is 5.38 Å². The summed E-state index contributed by atoms with van der Waals surface area (Å²) in [7, 11) is 1.51. The number of nitrogens with zero attached hydrogens (tertiary/aromatic N) is 1. The van der Waals surface area contributed by atoms with Crippen molar-refractivity contribution in [2.45, 2.75) is 0 Å². The molecule has 1 aromatic rings. The Morgan fingerprint density at radius 1 is 1.42 bits per heavy atom. The first-order valence-electron chi connectivity index (χ1n) is 5.27. The van der Waals surface area contributed by atoms with Crippen LogP contribution < -0.4 is 10.6 Å². The van der Waals surface area contributed by atoms with Gasteiger partial charge in [0.2, 0.25) is 10.9 Å². The third-order valence-electron chi connectivity index (χ3n) is 1.96. The zero-order valence-electron chi connectivity index (χ0n) is 10.1. The SMILES string of the molecule is COCCNC(=O)CNC(=O)c1csc(C(=O)O)n1. The molecule has 0 aliphatic heterocycles. The summed E-state index contributed by atoms with van der Waals surface area (Å²) >= 11 is 0.849. The van der Waals surface area contributed by atoms with Crippen LogP contribution in [0.25, 0.3) is 0 Å². The van der Waals surface area contributed by atoms with E-state index in [2.05, 4.69) is 15.6 Å². The molecule has 0 saturated heterocycles. The maximum Gasteiger partial charge on any atom is 0.365 e. The van der Waals surface area contributed by atoms with Crippen LogP contribution in [-0.4, -0.2) is 54.7 Å². The van der Waals surface area contributed by atoms with E-state index in [9.17, 15) is 14.4 Å². The van der Waals surface area contributed by atoms with Gasteiger partial charge in [0.05, 0.1) is 13.2 Å². The van der Waals surface area contributed by atoms with Crippen molar-refractivity contribution >= 4 is 29.1 Å². The summed E-state index contributed by atoms with van der Waals surface area (Å²) in [4.78, 5) is 37.0. The molecule has 1 aromatic heterocycles. The van der Waals surface area contributed by atoms with Crippen molar-refractivity contribution in [2.75, 3.05) is 26.8 Å². The smallest absolute Gasteiger partial charge is 0.365 e. The molecule has 0 aromatic carbocycles. The molecule has 0 aliphatic carbocycles. The number of carboxylic acid groups (broad SMARTS) is 1. The molecule has 2 amide bonds. The second-order valence-corrected chi connectivity index (χ2v) is 4.23. The maximum atomic E-state index is 11.6. The lowest BCUT2D eigenvalue weighted by molar-refractivity contribution is -0.120. The van der Waals surface area contributed by atoms with E-state index in [4.69, 9.17) is 9.84 Å². The van der Waals surface area contributed by atoms with E-state index in [1.807, 2.05) is 0 Å². The van der Waals surface area contributed by atoms with Crippen LogP contribution in [0.4, 0.5) is 0 Å². The van der Waals surface area contributed by atoms with Gasteiger partial charge in [-0.25, -0.2) is 9.78 Å². The van der Waals surface area contributed by atoms with E-state index >= 15 is 0 Å². The van der Waals surface area contributed by atoms with Gasteiger partial charge in [-0.1, -0.05) is 0 Å². The topological polar surface area (TPSA) is 118 Å². The molecule has 0 saturated carbocycles. The highest BCUT2D eigenvalue weighted by Gasteiger charge is 2.14. The third kappa shape index (κ3) is 5.02. The molecule has 19 heavy (non-hydrogen) atoms. The summed E-state index contributed by atoms with van der Waals surface area (Å²) in [6.45, 7) is 0.529. The average Bonchev–Trinajstić information content (AvgIpc) is 2.86. The van der Waals surface area contributed by atoms with Gasteiger partial charge in [0.1, 0.15) is 5.69 Å². The number of thiazole rings is 1. The van der Waals surface area contributed by atoms with Gasteiger partial charge < -0.3 is 20.5 Å². The van der Waals surface area contributed by atoms with E-state index in [0.29, 0.717) is 13.2 Å². The highest BCUT2D eigenvalue weighted by molar-refractivity contribution is 7.11. The third-order valence-corrected chi connectivity index (χ3v) is 2.79. The van der Waals surface area contributed by atoms with Gasteiger partial charge in [0.25, 0.3) is 5.91 Å². The summed E-state index contributed by atoms with van der Waals surface area (Å²) in [5, 5.41) is 14.7. The number of rotatable bonds is 7. The normalized spacial score (nSPS) is 9.95. The second-order valence-electron chi connectivity index (χ2n) is 3.37. The molecule has 1 heterocycles. The lowest BCUT2D eigenvalue weighted by Crippen LogP contribution is -2.38. The van der Waals surface area contributed by atoms with E-state index in [0.717, 1.165) is 11.3 Å². The molecular weight excluding hydrogens is 274 g/mol. The van der Waals surface area contributed by atoms with Crippen molar-refractivity contribution in [1.82, 2.24) is 15.6 Å². The number of carbonyl (C=O) groups excluding carboxylic acids is 2. The van der Waals surface area contributed by atoms with Crippen molar-refractivity contribution in [1.29, 1.82) is 0 Å². The highest BCUT2D eigenvalue weighted by Crippen LogP contribution is 2.09. The van der Waals surface area contributed by atoms with Crippen molar-refractivity contribution < 1.29 is 24.2 Å². The number of nitrogens with one attached hydrogen (secondary N) is 2. The Kier molecular flexibility index (Phi) is 5.90. The first kappa shape index (κ1) is 15.1. The largest absolute Gasteiger partial charge is 0.476 e. The molecule has 1 rings (SSSR count). The molecule has 3 N–H and O–H groups in total. The molecule has 0 radical (unpaired) electrons. The number of hydrogen-bond donors (Lipinski definition) is 3. The highest BCUT2D eigenvalue weighted by atomic mass is 32.1. The Bertz CT molecular complexity index is 473. The molecule has 9 heteroatoms. The van der Waals surface area contributed by atoms with Crippen molar-refractivity contribution in [3.05, 3.63) is 16.1 Å². The van der Waals surface area contributed by atoms with Crippen LogP contribution in [0.5, 0.6) is 0 Å². The Morgan fingerprint density at radius 2 is 2.16 bits per heavy atom. The Morgan fingerprint density at radius 3 is 2.74 bits per heavy atom. The Labute approximate surface area is 112 Å². The molecule has 0 spiro atoms. The number of carboxylic acids is 1. The van der Waals surface area contributed by atoms with Gasteiger partial charge in [0.15, 0.2) is 0 Å². The minimum Gasteiger partial charge on any atom is -0.476 e. The van der Waals surface area contributed by atoms with Crippen LogP contribution >= 0.6 is 11.3 Å². The number of amides is 2. The average molecular weight is 287 g/mol. The molecule has 0 atom stereocenters. The zero-order chi connectivity index (χ0) is 14.3. The predicted molar refractivity (Wildman–Crippen MR) is 66.3 cm³/mol. The molecule has 0 fully saturated rings. The molecule has 0 aliphatic rings. The summed E-state index contributed by atoms with van der Waals surface area (Å²) in [6, 6.07) is 0. The van der Waals surface area contributed by atoms with Crippen molar-refractivity contribution in [3.63, 3.8) is 0 Å². The lowest BCUT2D eigenvalue weighted by Gasteiger charge is -2.05. The molecular formula is C10H13N3O5S. The number of hydrogen-bond acceptors (Lipinski definition) is 6. The monoisotopic (exact) mass is 287 g/mol. The quantitative estimate of drug-likeness (QED) is 0.573. The second kappa shape index (κ2) is 7.44. The lowest BCUT2D eigenvalue weighted by atomic mass is 10.4. The van der Waals surface area contributed by atoms with Crippen LogP contribution in [0.2, 0.25) is 0 Å². The molecule has 8 nitrogen and oxygen atoms in total.